The fourth-order valence-electron chi connectivity index (χ4n) is 3.16. The Bertz CT molecular complexity index is 1280. The van der Waals surface area contributed by atoms with Gasteiger partial charge in [0, 0.05) is 18.4 Å². The van der Waals surface area contributed by atoms with E-state index < -0.39 is 17.8 Å². The van der Waals surface area contributed by atoms with Crippen LogP contribution in [0.2, 0.25) is 0 Å². The number of carboxylic acids is 2. The number of rotatable bonds is 7. The number of nitrogens with one attached hydrogen (secondary N) is 2. The largest absolute Gasteiger partial charge is 0.475 e. The Balaban J connectivity index is 1.64. The smallest absolute Gasteiger partial charge is 0.375 e. The lowest BCUT2D eigenvalue weighted by Crippen LogP contribution is -2.01. The predicted octanol–water partition coefficient (Wildman–Crippen LogP) is 2.31. The Morgan fingerprint density at radius 3 is 2.10 bits per heavy atom. The summed E-state index contributed by atoms with van der Waals surface area (Å²) in [6.07, 6.45) is 0.333. The maximum absolute atomic E-state index is 14.7. The number of hydrogen-bond donors (Lipinski definition) is 4. The molecule has 0 aliphatic rings. The quantitative estimate of drug-likeness (QED) is 0.353. The normalized spacial score (nSPS) is 10.9. The summed E-state index contributed by atoms with van der Waals surface area (Å²) in [5.41, 5.74) is 2.48. The van der Waals surface area contributed by atoms with Crippen molar-refractivity contribution in [1.29, 1.82) is 0 Å². The lowest BCUT2D eigenvalue weighted by molar-refractivity contribution is 0.0673. The highest BCUT2D eigenvalue weighted by Crippen LogP contribution is 2.28. The van der Waals surface area contributed by atoms with Crippen LogP contribution >= 0.6 is 0 Å². The van der Waals surface area contributed by atoms with Crippen molar-refractivity contribution in [2.75, 3.05) is 0 Å². The van der Waals surface area contributed by atoms with Crippen molar-refractivity contribution in [2.45, 2.75) is 12.8 Å². The van der Waals surface area contributed by atoms with Crippen LogP contribution < -0.4 is 0 Å². The summed E-state index contributed by atoms with van der Waals surface area (Å²) in [5.74, 6) is -3.05. The van der Waals surface area contributed by atoms with E-state index in [1.807, 2.05) is 18.2 Å². The molecule has 0 spiro atoms. The van der Waals surface area contributed by atoms with E-state index in [1.165, 1.54) is 6.07 Å². The van der Waals surface area contributed by atoms with Gasteiger partial charge in [-0.3, -0.25) is 10.2 Å². The highest BCUT2D eigenvalue weighted by Gasteiger charge is 2.16. The number of carbonyl (C=O) groups is 2. The van der Waals surface area contributed by atoms with Gasteiger partial charge in [-0.25, -0.2) is 23.9 Å². The zero-order chi connectivity index (χ0) is 22.0. The molecule has 0 fully saturated rings. The van der Waals surface area contributed by atoms with Crippen molar-refractivity contribution < 1.29 is 24.2 Å². The second-order valence-electron chi connectivity index (χ2n) is 6.64. The lowest BCUT2D eigenvalue weighted by Gasteiger charge is -2.11. The Hall–Kier alpha value is -4.41. The first-order valence-corrected chi connectivity index (χ1v) is 9.06. The van der Waals surface area contributed by atoms with Gasteiger partial charge in [-0.05, 0) is 22.8 Å². The lowest BCUT2D eigenvalue weighted by atomic mass is 9.95. The molecule has 4 aromatic rings. The topological polar surface area (TPSA) is 158 Å². The number of nitrogens with zero attached hydrogens (tertiary/aromatic N) is 4. The van der Waals surface area contributed by atoms with Gasteiger partial charge in [-0.15, -0.1) is 10.2 Å². The van der Waals surface area contributed by atoms with Crippen LogP contribution in [0.25, 0.3) is 11.1 Å². The molecule has 2 aromatic carbocycles. The molecule has 0 aliphatic carbocycles. The molecule has 31 heavy (non-hydrogen) atoms. The summed E-state index contributed by atoms with van der Waals surface area (Å²) in [7, 11) is 0. The first-order valence-electron chi connectivity index (χ1n) is 9.06. The minimum absolute atomic E-state index is 0.0244. The van der Waals surface area contributed by atoms with Gasteiger partial charge in [0.2, 0.25) is 0 Å². The van der Waals surface area contributed by atoms with Crippen molar-refractivity contribution >= 4 is 11.9 Å². The van der Waals surface area contributed by atoms with Gasteiger partial charge in [0.25, 0.3) is 11.6 Å². The molecule has 0 saturated carbocycles. The van der Waals surface area contributed by atoms with Crippen LogP contribution in [0.3, 0.4) is 0 Å². The van der Waals surface area contributed by atoms with Gasteiger partial charge < -0.3 is 10.2 Å². The number of benzene rings is 2. The summed E-state index contributed by atoms with van der Waals surface area (Å²) >= 11 is 0. The SMILES string of the molecule is O=C(O)c1n[nH]c(Cc2cccc(-c3cccc(F)c3Cc3nc(C(=O)O)n[nH]3)c2)n1. The second kappa shape index (κ2) is 8.14. The van der Waals surface area contributed by atoms with Crippen molar-refractivity contribution in [3.05, 3.63) is 82.7 Å². The van der Waals surface area contributed by atoms with E-state index in [2.05, 4.69) is 30.4 Å². The third-order valence-electron chi connectivity index (χ3n) is 4.52. The van der Waals surface area contributed by atoms with E-state index >= 15 is 0 Å². The first kappa shape index (κ1) is 19.9. The molecular formula is C20H15FN6O4. The Labute approximate surface area is 173 Å². The molecule has 10 nitrogen and oxygen atoms in total. The molecule has 2 aromatic heterocycles. The average molecular weight is 422 g/mol. The third-order valence-corrected chi connectivity index (χ3v) is 4.52. The van der Waals surface area contributed by atoms with Gasteiger partial charge in [-0.1, -0.05) is 36.4 Å². The van der Waals surface area contributed by atoms with Crippen LogP contribution in [0.4, 0.5) is 4.39 Å². The average Bonchev–Trinajstić information content (AvgIpc) is 3.40. The van der Waals surface area contributed by atoms with Crippen LogP contribution in [0.5, 0.6) is 0 Å². The molecule has 4 N–H and O–H groups in total. The van der Waals surface area contributed by atoms with Crippen LogP contribution in [0.15, 0.2) is 42.5 Å². The van der Waals surface area contributed by atoms with Crippen molar-refractivity contribution in [2.24, 2.45) is 0 Å². The van der Waals surface area contributed by atoms with Crippen LogP contribution in [0, 0.1) is 5.82 Å². The Kier molecular flexibility index (Phi) is 5.22. The maximum Gasteiger partial charge on any atom is 0.375 e. The number of aromatic nitrogens is 6. The number of halogens is 1. The molecule has 11 heteroatoms. The Morgan fingerprint density at radius 1 is 0.871 bits per heavy atom. The van der Waals surface area contributed by atoms with E-state index in [4.69, 9.17) is 10.2 Å². The molecule has 0 radical (unpaired) electrons. The Morgan fingerprint density at radius 2 is 1.48 bits per heavy atom. The number of H-pyrrole nitrogens is 2. The van der Waals surface area contributed by atoms with E-state index in [0.29, 0.717) is 23.4 Å². The molecule has 4 rings (SSSR count). The van der Waals surface area contributed by atoms with Crippen LogP contribution in [-0.4, -0.2) is 52.5 Å². The van der Waals surface area contributed by atoms with Gasteiger partial charge in [0.1, 0.15) is 17.5 Å². The van der Waals surface area contributed by atoms with E-state index in [-0.39, 0.29) is 23.9 Å². The van der Waals surface area contributed by atoms with Gasteiger partial charge >= 0.3 is 11.9 Å². The van der Waals surface area contributed by atoms with E-state index in [0.717, 1.165) is 11.1 Å². The highest BCUT2D eigenvalue weighted by molar-refractivity contribution is 5.83. The molecule has 0 atom stereocenters. The van der Waals surface area contributed by atoms with Crippen LogP contribution in [-0.2, 0) is 12.8 Å². The maximum atomic E-state index is 14.7. The molecule has 0 saturated heterocycles. The summed E-state index contributed by atoms with van der Waals surface area (Å²) in [6.45, 7) is 0. The highest BCUT2D eigenvalue weighted by atomic mass is 19.1. The summed E-state index contributed by atoms with van der Waals surface area (Å²) in [4.78, 5) is 29.7. The number of carboxylic acid groups (broad SMARTS) is 2. The minimum Gasteiger partial charge on any atom is -0.475 e. The fraction of sp³-hybridized carbons (Fsp3) is 0.100. The molecule has 2 heterocycles. The first-order chi connectivity index (χ1) is 14.9. The van der Waals surface area contributed by atoms with Gasteiger partial charge in [-0.2, -0.15) is 0 Å². The van der Waals surface area contributed by atoms with Crippen molar-refractivity contribution in [3.8, 4) is 11.1 Å². The predicted molar refractivity (Wildman–Crippen MR) is 104 cm³/mol. The molecule has 156 valence electrons. The standard InChI is InChI=1S/C20H15FN6O4/c21-14-6-2-5-12(13(14)9-16-23-18(20(30)31)27-25-16)11-4-1-3-10(7-11)8-15-22-17(19(28)29)26-24-15/h1-7H,8-9H2,(H,28,29)(H,30,31)(H,22,24,26)(H,23,25,27). The molecule has 0 bridgehead atoms. The molecule has 0 amide bonds. The second-order valence-corrected chi connectivity index (χ2v) is 6.64. The fourth-order valence-corrected chi connectivity index (χ4v) is 3.16. The number of hydrogen-bond acceptors (Lipinski definition) is 6. The zero-order valence-electron chi connectivity index (χ0n) is 15.8. The molecule has 0 unspecified atom stereocenters. The number of aromatic amines is 2. The monoisotopic (exact) mass is 422 g/mol. The summed E-state index contributed by atoms with van der Waals surface area (Å²) < 4.78 is 14.7. The summed E-state index contributed by atoms with van der Waals surface area (Å²) in [6, 6.07) is 11.9. The zero-order valence-corrected chi connectivity index (χ0v) is 15.8. The summed E-state index contributed by atoms with van der Waals surface area (Å²) in [5, 5.41) is 30.3. The van der Waals surface area contributed by atoms with Gasteiger partial charge in [0.15, 0.2) is 0 Å². The van der Waals surface area contributed by atoms with E-state index in [9.17, 15) is 14.0 Å². The third kappa shape index (κ3) is 4.29. The molecular weight excluding hydrogens is 407 g/mol. The number of aromatic carboxylic acids is 2. The van der Waals surface area contributed by atoms with Crippen molar-refractivity contribution in [1.82, 2.24) is 30.4 Å². The molecule has 0 aliphatic heterocycles. The van der Waals surface area contributed by atoms with E-state index in [1.54, 1.807) is 18.2 Å². The van der Waals surface area contributed by atoms with Gasteiger partial charge in [0.05, 0.1) is 0 Å². The minimum atomic E-state index is -1.28. The van der Waals surface area contributed by atoms with Crippen molar-refractivity contribution in [3.63, 3.8) is 0 Å². The van der Waals surface area contributed by atoms with Crippen LogP contribution in [0.1, 0.15) is 44.0 Å².